The predicted molar refractivity (Wildman–Crippen MR) is 101 cm³/mol. The van der Waals surface area contributed by atoms with E-state index < -0.39 is 22.3 Å². The van der Waals surface area contributed by atoms with Crippen molar-refractivity contribution in [3.63, 3.8) is 0 Å². The van der Waals surface area contributed by atoms with Crippen LogP contribution in [0.4, 0.5) is 0 Å². The van der Waals surface area contributed by atoms with Gasteiger partial charge in [0.2, 0.25) is 5.78 Å². The van der Waals surface area contributed by atoms with Crippen molar-refractivity contribution in [2.24, 2.45) is 5.10 Å². The quantitative estimate of drug-likeness (QED) is 0.423. The fourth-order valence-electron chi connectivity index (χ4n) is 3.04. The lowest BCUT2D eigenvalue weighted by molar-refractivity contribution is -0.109. The molecule has 122 valence electrons. The molecule has 1 aliphatic heterocycles. The Labute approximate surface area is 153 Å². The molecule has 0 atom stereocenters. The van der Waals surface area contributed by atoms with Crippen LogP contribution in [0.15, 0.2) is 25.2 Å². The first-order chi connectivity index (χ1) is 9.99. The largest absolute Gasteiger partial charge is 0.349 e. The average Bonchev–Trinajstić information content (AvgIpc) is 2.41. The highest BCUT2D eigenvalue weighted by molar-refractivity contribution is 6.92. The van der Waals surface area contributed by atoms with E-state index in [4.69, 9.17) is 46.4 Å². The fraction of sp³-hybridized carbons (Fsp3) is 0.538. The number of ketones is 1. The minimum atomic E-state index is -1.72. The summed E-state index contributed by atoms with van der Waals surface area (Å²) in [7, 11) is -3.44. The molecule has 0 aromatic carbocycles. The molecule has 1 saturated heterocycles. The number of hydrogen-bond acceptors (Lipinski definition) is 3. The molecule has 0 aromatic heterocycles. The molecule has 0 amide bonds. The maximum atomic E-state index is 12.4. The highest BCUT2D eigenvalue weighted by Crippen LogP contribution is 2.39. The molecule has 0 unspecified atom stereocenters. The zero-order chi connectivity index (χ0) is 16.9. The lowest BCUT2D eigenvalue weighted by atomic mass is 10.1. The molecule has 0 spiro atoms. The van der Waals surface area contributed by atoms with Gasteiger partial charge in [0.25, 0.3) is 0 Å². The van der Waals surface area contributed by atoms with Crippen molar-refractivity contribution in [1.82, 2.24) is 4.34 Å². The third-order valence-electron chi connectivity index (χ3n) is 4.12. The SMILES string of the molecule is C[Si]1(C)CCC[Si](C)(C)N1N=C1C(=O)C(Cl)=C(Cl)C(Cl)=C1Cl. The third kappa shape index (κ3) is 3.21. The molecule has 1 fully saturated rings. The second kappa shape index (κ2) is 6.26. The van der Waals surface area contributed by atoms with Crippen LogP contribution >= 0.6 is 46.4 Å². The summed E-state index contributed by atoms with van der Waals surface area (Å²) in [6.07, 6.45) is 1.23. The summed E-state index contributed by atoms with van der Waals surface area (Å²) in [4.78, 5) is 12.4. The van der Waals surface area contributed by atoms with E-state index in [1.807, 2.05) is 0 Å². The third-order valence-corrected chi connectivity index (χ3v) is 15.2. The molecule has 0 bridgehead atoms. The van der Waals surface area contributed by atoms with Gasteiger partial charge in [0.05, 0.1) is 15.1 Å². The molecular formula is C13H18Cl4N2OSi2. The van der Waals surface area contributed by atoms with E-state index in [0.717, 1.165) is 12.1 Å². The van der Waals surface area contributed by atoms with Crippen LogP contribution in [0, 0.1) is 0 Å². The molecule has 0 radical (unpaired) electrons. The molecule has 2 aliphatic rings. The summed E-state index contributed by atoms with van der Waals surface area (Å²) >= 11 is 24.2. The lowest BCUT2D eigenvalue weighted by Crippen LogP contribution is -2.62. The zero-order valence-electron chi connectivity index (χ0n) is 12.9. The highest BCUT2D eigenvalue weighted by atomic mass is 35.5. The number of nitrogens with zero attached hydrogens (tertiary/aromatic N) is 2. The number of carbonyl (C=O) groups is 1. The van der Waals surface area contributed by atoms with Crippen LogP contribution in [0.1, 0.15) is 6.42 Å². The number of allylic oxidation sites excluding steroid dienone is 4. The lowest BCUT2D eigenvalue weighted by Gasteiger charge is -2.49. The van der Waals surface area contributed by atoms with E-state index in [1.54, 1.807) is 0 Å². The van der Waals surface area contributed by atoms with Gasteiger partial charge in [-0.15, -0.1) is 0 Å². The first-order valence-electron chi connectivity index (χ1n) is 7.04. The molecule has 2 rings (SSSR count). The van der Waals surface area contributed by atoms with Gasteiger partial charge in [0.15, 0.2) is 22.2 Å². The Morgan fingerprint density at radius 1 is 0.864 bits per heavy atom. The number of rotatable bonds is 1. The minimum Gasteiger partial charge on any atom is -0.349 e. The average molecular weight is 416 g/mol. The standard InChI is InChI=1S/C13H18Cl4N2OSi2/c1-21(2)6-5-7-22(3,4)19(21)18-12-10(16)8(14)9(15)11(17)13(12)20/h5-7H2,1-4H3. The monoisotopic (exact) mass is 414 g/mol. The highest BCUT2D eigenvalue weighted by Gasteiger charge is 2.45. The van der Waals surface area contributed by atoms with Crippen molar-refractivity contribution in [3.8, 4) is 0 Å². The van der Waals surface area contributed by atoms with Crippen LogP contribution in [0.3, 0.4) is 0 Å². The molecule has 0 saturated carbocycles. The van der Waals surface area contributed by atoms with Crippen LogP contribution in [0.25, 0.3) is 0 Å². The van der Waals surface area contributed by atoms with Gasteiger partial charge in [-0.2, -0.15) is 5.10 Å². The number of hydrazone groups is 1. The molecule has 1 aliphatic carbocycles. The Morgan fingerprint density at radius 2 is 1.32 bits per heavy atom. The molecule has 22 heavy (non-hydrogen) atoms. The van der Waals surface area contributed by atoms with E-state index >= 15 is 0 Å². The summed E-state index contributed by atoms with van der Waals surface area (Å²) in [5.74, 6) is -0.457. The summed E-state index contributed by atoms with van der Waals surface area (Å²) in [6.45, 7) is 9.06. The second-order valence-corrected chi connectivity index (χ2v) is 17.9. The van der Waals surface area contributed by atoms with Crippen molar-refractivity contribution < 1.29 is 4.79 Å². The van der Waals surface area contributed by atoms with Gasteiger partial charge in [0, 0.05) is 0 Å². The summed E-state index contributed by atoms with van der Waals surface area (Å²) in [5, 5.41) is 4.71. The number of hydrogen-bond donors (Lipinski definition) is 0. The minimum absolute atomic E-state index is 0.0102. The number of carbonyl (C=O) groups excluding carboxylic acids is 1. The maximum Gasteiger partial charge on any atom is 0.227 e. The Balaban J connectivity index is 2.54. The smallest absolute Gasteiger partial charge is 0.227 e. The van der Waals surface area contributed by atoms with Gasteiger partial charge < -0.3 is 4.34 Å². The normalized spacial score (nSPS) is 27.0. The Kier molecular flexibility index (Phi) is 5.28. The van der Waals surface area contributed by atoms with Gasteiger partial charge in [-0.3, -0.25) is 4.79 Å². The second-order valence-electron chi connectivity index (χ2n) is 6.82. The molecule has 0 aromatic rings. The van der Waals surface area contributed by atoms with Gasteiger partial charge >= 0.3 is 0 Å². The van der Waals surface area contributed by atoms with Crippen molar-refractivity contribution in [2.75, 3.05) is 0 Å². The maximum absolute atomic E-state index is 12.4. The predicted octanol–water partition coefficient (Wildman–Crippen LogP) is 5.42. The number of halogens is 4. The van der Waals surface area contributed by atoms with Crippen LogP contribution in [0.5, 0.6) is 0 Å². The van der Waals surface area contributed by atoms with Crippen molar-refractivity contribution >= 4 is 74.4 Å². The Morgan fingerprint density at radius 3 is 1.82 bits per heavy atom. The first-order valence-corrected chi connectivity index (χ1v) is 14.9. The Bertz CT molecular complexity index is 610. The molecule has 3 nitrogen and oxygen atoms in total. The summed E-state index contributed by atoms with van der Waals surface area (Å²) < 4.78 is 2.21. The van der Waals surface area contributed by atoms with Crippen molar-refractivity contribution in [2.45, 2.75) is 44.7 Å². The van der Waals surface area contributed by atoms with Gasteiger partial charge in [-0.25, -0.2) is 0 Å². The first kappa shape index (κ1) is 18.6. The van der Waals surface area contributed by atoms with E-state index in [1.165, 1.54) is 6.42 Å². The van der Waals surface area contributed by atoms with Gasteiger partial charge in [-0.05, 0) is 12.1 Å². The zero-order valence-corrected chi connectivity index (χ0v) is 18.0. The molecular weight excluding hydrogens is 398 g/mol. The molecule has 1 heterocycles. The Hall–Kier alpha value is 0.214. The molecule has 0 N–H and O–H groups in total. The van der Waals surface area contributed by atoms with Gasteiger partial charge in [-0.1, -0.05) is 79.0 Å². The van der Waals surface area contributed by atoms with Crippen molar-refractivity contribution in [3.05, 3.63) is 20.1 Å². The van der Waals surface area contributed by atoms with Crippen LogP contribution in [0.2, 0.25) is 38.3 Å². The van der Waals surface area contributed by atoms with Crippen molar-refractivity contribution in [1.29, 1.82) is 0 Å². The number of Topliss-reactive ketones (excluding diaryl/α,β-unsaturated/α-hetero) is 1. The van der Waals surface area contributed by atoms with E-state index in [2.05, 4.69) is 35.6 Å². The van der Waals surface area contributed by atoms with E-state index in [0.29, 0.717) is 0 Å². The van der Waals surface area contributed by atoms with Crippen LogP contribution < -0.4 is 0 Å². The molecule has 9 heteroatoms. The summed E-state index contributed by atoms with van der Waals surface area (Å²) in [6, 6.07) is 2.29. The van der Waals surface area contributed by atoms with E-state index in [9.17, 15) is 4.79 Å². The van der Waals surface area contributed by atoms with Crippen LogP contribution in [-0.2, 0) is 4.79 Å². The van der Waals surface area contributed by atoms with Crippen LogP contribution in [-0.4, -0.2) is 32.3 Å². The topological polar surface area (TPSA) is 32.7 Å². The van der Waals surface area contributed by atoms with E-state index in [-0.39, 0.29) is 25.8 Å². The summed E-state index contributed by atoms with van der Waals surface area (Å²) in [5.41, 5.74) is 0.115. The fourth-order valence-corrected chi connectivity index (χ4v) is 14.7. The van der Waals surface area contributed by atoms with Gasteiger partial charge in [0.1, 0.15) is 5.03 Å².